The fourth-order valence-corrected chi connectivity index (χ4v) is 1.57. The molecule has 21 heavy (non-hydrogen) atoms. The highest BCUT2D eigenvalue weighted by molar-refractivity contribution is 6.04. The van der Waals surface area contributed by atoms with E-state index < -0.39 is 5.41 Å². The van der Waals surface area contributed by atoms with E-state index in [0.717, 1.165) is 0 Å². The molecule has 2 amide bonds. The normalized spacial score (nSPS) is 11.0. The van der Waals surface area contributed by atoms with Crippen molar-refractivity contribution in [2.75, 3.05) is 10.6 Å². The van der Waals surface area contributed by atoms with Crippen molar-refractivity contribution < 1.29 is 9.59 Å². The van der Waals surface area contributed by atoms with E-state index in [-0.39, 0.29) is 11.8 Å². The number of anilines is 2. The number of rotatable bonds is 3. The van der Waals surface area contributed by atoms with Crippen molar-refractivity contribution in [2.45, 2.75) is 20.8 Å². The third-order valence-electron chi connectivity index (χ3n) is 2.82. The highest BCUT2D eigenvalue weighted by Gasteiger charge is 2.21. The molecule has 0 atom stereocenters. The van der Waals surface area contributed by atoms with Crippen LogP contribution in [0.5, 0.6) is 0 Å². The predicted octanol–water partition coefficient (Wildman–Crippen LogP) is 2.65. The van der Waals surface area contributed by atoms with Crippen molar-refractivity contribution in [3.63, 3.8) is 0 Å². The van der Waals surface area contributed by atoms with Crippen molar-refractivity contribution in [3.8, 4) is 0 Å². The Hall–Kier alpha value is -2.63. The summed E-state index contributed by atoms with van der Waals surface area (Å²) in [6, 6.07) is 7.01. The molecule has 6 nitrogen and oxygen atoms in total. The highest BCUT2D eigenvalue weighted by Crippen LogP contribution is 2.20. The smallest absolute Gasteiger partial charge is 0.258 e. The Morgan fingerprint density at radius 3 is 2.38 bits per heavy atom. The van der Waals surface area contributed by atoms with Gasteiger partial charge in [0.05, 0.1) is 11.8 Å². The summed E-state index contributed by atoms with van der Waals surface area (Å²) in [5.74, 6) is -0.344. The van der Waals surface area contributed by atoms with E-state index in [1.54, 1.807) is 24.3 Å². The average molecular weight is 286 g/mol. The van der Waals surface area contributed by atoms with Crippen LogP contribution in [0.3, 0.4) is 0 Å². The number of hydrogen-bond donors (Lipinski definition) is 3. The van der Waals surface area contributed by atoms with E-state index in [1.807, 2.05) is 20.8 Å². The summed E-state index contributed by atoms with van der Waals surface area (Å²) in [7, 11) is 0. The number of nitrogens with zero attached hydrogens (tertiary/aromatic N) is 1. The SMILES string of the molecule is CC(C)(C)C(=O)Nc1cccc(NC(=O)c2cn[nH]c2)c1. The van der Waals surface area contributed by atoms with Gasteiger partial charge in [-0.25, -0.2) is 0 Å². The Morgan fingerprint density at radius 1 is 1.14 bits per heavy atom. The van der Waals surface area contributed by atoms with Gasteiger partial charge in [-0.3, -0.25) is 14.7 Å². The summed E-state index contributed by atoms with van der Waals surface area (Å²) in [6.45, 7) is 5.52. The van der Waals surface area contributed by atoms with Crippen LogP contribution in [0.2, 0.25) is 0 Å². The quantitative estimate of drug-likeness (QED) is 0.810. The second-order valence-electron chi connectivity index (χ2n) is 5.73. The third kappa shape index (κ3) is 3.92. The maximum atomic E-state index is 11.9. The molecule has 0 bridgehead atoms. The van der Waals surface area contributed by atoms with E-state index in [4.69, 9.17) is 0 Å². The largest absolute Gasteiger partial charge is 0.326 e. The Balaban J connectivity index is 2.08. The van der Waals surface area contributed by atoms with E-state index in [0.29, 0.717) is 16.9 Å². The molecule has 0 saturated carbocycles. The van der Waals surface area contributed by atoms with E-state index >= 15 is 0 Å². The molecule has 2 rings (SSSR count). The number of amides is 2. The first-order valence-corrected chi connectivity index (χ1v) is 6.58. The highest BCUT2D eigenvalue weighted by atomic mass is 16.2. The number of nitrogens with one attached hydrogen (secondary N) is 3. The summed E-state index contributed by atoms with van der Waals surface area (Å²) in [4.78, 5) is 23.9. The van der Waals surface area contributed by atoms with Gasteiger partial charge in [-0.2, -0.15) is 5.10 Å². The van der Waals surface area contributed by atoms with E-state index in [2.05, 4.69) is 20.8 Å². The molecule has 0 aliphatic rings. The average Bonchev–Trinajstić information content (AvgIpc) is 2.91. The van der Waals surface area contributed by atoms with Crippen molar-refractivity contribution in [1.29, 1.82) is 0 Å². The van der Waals surface area contributed by atoms with Gasteiger partial charge < -0.3 is 10.6 Å². The Kier molecular flexibility index (Phi) is 4.07. The van der Waals surface area contributed by atoms with Gasteiger partial charge in [0.2, 0.25) is 5.91 Å². The molecule has 2 aromatic rings. The zero-order valence-electron chi connectivity index (χ0n) is 12.2. The number of carbonyl (C=O) groups is 2. The van der Waals surface area contributed by atoms with Gasteiger partial charge in [0.25, 0.3) is 5.91 Å². The van der Waals surface area contributed by atoms with Crippen molar-refractivity contribution >= 4 is 23.2 Å². The molecule has 0 saturated heterocycles. The van der Waals surface area contributed by atoms with E-state index in [9.17, 15) is 9.59 Å². The van der Waals surface area contributed by atoms with Crippen LogP contribution in [0, 0.1) is 5.41 Å². The summed E-state index contributed by atoms with van der Waals surface area (Å²) >= 11 is 0. The molecule has 1 aromatic heterocycles. The number of hydrogen-bond acceptors (Lipinski definition) is 3. The minimum atomic E-state index is -0.476. The molecule has 0 radical (unpaired) electrons. The first-order chi connectivity index (χ1) is 9.86. The van der Waals surface area contributed by atoms with Crippen LogP contribution in [-0.2, 0) is 4.79 Å². The monoisotopic (exact) mass is 286 g/mol. The van der Waals surface area contributed by atoms with Gasteiger partial charge >= 0.3 is 0 Å². The fourth-order valence-electron chi connectivity index (χ4n) is 1.57. The molecule has 0 unspecified atom stereocenters. The molecular formula is C15H18N4O2. The standard InChI is InChI=1S/C15H18N4O2/c1-15(2,3)14(21)19-12-6-4-5-11(7-12)18-13(20)10-8-16-17-9-10/h4-9H,1-3H3,(H,16,17)(H,18,20)(H,19,21). The van der Waals surface area contributed by atoms with Gasteiger partial charge in [-0.15, -0.1) is 0 Å². The summed E-state index contributed by atoms with van der Waals surface area (Å²) in [5.41, 5.74) is 1.21. The number of benzene rings is 1. The molecule has 6 heteroatoms. The molecule has 0 spiro atoms. The van der Waals surface area contributed by atoms with Crippen LogP contribution in [0.25, 0.3) is 0 Å². The topological polar surface area (TPSA) is 86.9 Å². The predicted molar refractivity (Wildman–Crippen MR) is 81.1 cm³/mol. The van der Waals surface area contributed by atoms with Crippen LogP contribution in [0.15, 0.2) is 36.7 Å². The first kappa shape index (κ1) is 14.8. The lowest BCUT2D eigenvalue weighted by Crippen LogP contribution is -2.27. The molecule has 0 fully saturated rings. The lowest BCUT2D eigenvalue weighted by molar-refractivity contribution is -0.123. The van der Waals surface area contributed by atoms with Crippen LogP contribution in [0.4, 0.5) is 11.4 Å². The maximum Gasteiger partial charge on any atom is 0.258 e. The molecule has 1 heterocycles. The number of H-pyrrole nitrogens is 1. The molecule has 0 aliphatic heterocycles. The maximum absolute atomic E-state index is 11.9. The number of aromatic amines is 1. The van der Waals surface area contributed by atoms with Crippen molar-refractivity contribution in [2.24, 2.45) is 5.41 Å². The van der Waals surface area contributed by atoms with Crippen LogP contribution in [0.1, 0.15) is 31.1 Å². The third-order valence-corrected chi connectivity index (χ3v) is 2.82. The summed E-state index contributed by atoms with van der Waals surface area (Å²) in [5, 5.41) is 11.9. The molecule has 0 aliphatic carbocycles. The van der Waals surface area contributed by atoms with Crippen molar-refractivity contribution in [1.82, 2.24) is 10.2 Å². The van der Waals surface area contributed by atoms with Crippen LogP contribution < -0.4 is 10.6 Å². The number of aromatic nitrogens is 2. The van der Waals surface area contributed by atoms with Gasteiger partial charge in [0, 0.05) is 23.0 Å². The summed E-state index contributed by atoms with van der Waals surface area (Å²) < 4.78 is 0. The molecule has 3 N–H and O–H groups in total. The molecule has 110 valence electrons. The minimum Gasteiger partial charge on any atom is -0.326 e. The Bertz CT molecular complexity index is 642. The lowest BCUT2D eigenvalue weighted by Gasteiger charge is -2.18. The van der Waals surface area contributed by atoms with Gasteiger partial charge in [0.1, 0.15) is 0 Å². The van der Waals surface area contributed by atoms with Crippen LogP contribution in [-0.4, -0.2) is 22.0 Å². The number of carbonyl (C=O) groups excluding carboxylic acids is 2. The Morgan fingerprint density at radius 2 is 1.81 bits per heavy atom. The second kappa shape index (κ2) is 5.78. The van der Waals surface area contributed by atoms with Gasteiger partial charge in [-0.05, 0) is 18.2 Å². The Labute approximate surface area is 122 Å². The zero-order chi connectivity index (χ0) is 15.5. The molecule has 1 aromatic carbocycles. The fraction of sp³-hybridized carbons (Fsp3) is 0.267. The van der Waals surface area contributed by atoms with E-state index in [1.165, 1.54) is 12.4 Å². The first-order valence-electron chi connectivity index (χ1n) is 6.58. The van der Waals surface area contributed by atoms with Gasteiger partial charge in [-0.1, -0.05) is 26.8 Å². The molecular weight excluding hydrogens is 268 g/mol. The van der Waals surface area contributed by atoms with Crippen LogP contribution >= 0.6 is 0 Å². The second-order valence-corrected chi connectivity index (χ2v) is 5.73. The minimum absolute atomic E-state index is 0.0826. The van der Waals surface area contributed by atoms with Gasteiger partial charge in [0.15, 0.2) is 0 Å². The van der Waals surface area contributed by atoms with Crippen molar-refractivity contribution in [3.05, 3.63) is 42.2 Å². The summed E-state index contributed by atoms with van der Waals surface area (Å²) in [6.07, 6.45) is 2.96. The lowest BCUT2D eigenvalue weighted by atomic mass is 9.95. The zero-order valence-corrected chi connectivity index (χ0v) is 12.2.